The zero-order valence-electron chi connectivity index (χ0n) is 13.0. The van der Waals surface area contributed by atoms with Crippen molar-refractivity contribution in [2.24, 2.45) is 5.92 Å². The number of amides is 1. The lowest BCUT2D eigenvalue weighted by Gasteiger charge is -2.34. The predicted octanol–water partition coefficient (Wildman–Crippen LogP) is 3.31. The van der Waals surface area contributed by atoms with E-state index in [9.17, 15) is 4.79 Å². The Morgan fingerprint density at radius 3 is 3.00 bits per heavy atom. The molecule has 1 aromatic rings. The lowest BCUT2D eigenvalue weighted by atomic mass is 9.99. The van der Waals surface area contributed by atoms with Gasteiger partial charge < -0.3 is 14.4 Å². The largest absolute Gasteiger partial charge is 0.444 e. The van der Waals surface area contributed by atoms with Crippen molar-refractivity contribution in [1.29, 1.82) is 0 Å². The van der Waals surface area contributed by atoms with E-state index in [0.29, 0.717) is 19.1 Å². The van der Waals surface area contributed by atoms with Crippen LogP contribution in [-0.4, -0.2) is 41.3 Å². The van der Waals surface area contributed by atoms with Gasteiger partial charge in [0.25, 0.3) is 0 Å². The molecule has 1 fully saturated rings. The number of likely N-dealkylation sites (tertiary alicyclic amines) is 1. The van der Waals surface area contributed by atoms with E-state index in [1.165, 1.54) is 0 Å². The molecule has 0 aliphatic carbocycles. The van der Waals surface area contributed by atoms with E-state index in [1.807, 2.05) is 32.5 Å². The number of piperidine rings is 1. The topological polar surface area (TPSA) is 51.7 Å². The second-order valence-electron chi connectivity index (χ2n) is 6.42. The van der Waals surface area contributed by atoms with Crippen LogP contribution in [0.1, 0.15) is 38.5 Å². The van der Waals surface area contributed by atoms with Gasteiger partial charge in [0.05, 0.1) is 23.6 Å². The summed E-state index contributed by atoms with van der Waals surface area (Å²) < 4.78 is 11.2. The number of hydrogen-bond acceptors (Lipinski definition) is 5. The molecule has 0 saturated carbocycles. The van der Waals surface area contributed by atoms with Gasteiger partial charge in [-0.05, 0) is 33.6 Å². The Morgan fingerprint density at radius 1 is 1.52 bits per heavy atom. The number of aromatic nitrogens is 1. The van der Waals surface area contributed by atoms with E-state index >= 15 is 0 Å². The SMILES string of the molecule is CC(C)(C)OC(=O)N1CCC[C@H](COCc2cncs2)C1. The molecule has 0 unspecified atom stereocenters. The second-order valence-corrected chi connectivity index (χ2v) is 7.39. The number of hydrogen-bond donors (Lipinski definition) is 0. The van der Waals surface area contributed by atoms with Crippen molar-refractivity contribution in [3.8, 4) is 0 Å². The molecule has 6 heteroatoms. The summed E-state index contributed by atoms with van der Waals surface area (Å²) in [6.07, 6.45) is 3.73. The Morgan fingerprint density at radius 2 is 2.33 bits per heavy atom. The lowest BCUT2D eigenvalue weighted by Crippen LogP contribution is -2.43. The number of rotatable bonds is 4. The van der Waals surface area contributed by atoms with E-state index in [-0.39, 0.29) is 6.09 Å². The highest BCUT2D eigenvalue weighted by atomic mass is 32.1. The Kier molecular flexibility index (Phi) is 5.58. The third kappa shape index (κ3) is 5.63. The van der Waals surface area contributed by atoms with Gasteiger partial charge in [0.15, 0.2) is 0 Å². The summed E-state index contributed by atoms with van der Waals surface area (Å²) in [6, 6.07) is 0. The fraction of sp³-hybridized carbons (Fsp3) is 0.733. The van der Waals surface area contributed by atoms with Gasteiger partial charge in [0.1, 0.15) is 5.60 Å². The van der Waals surface area contributed by atoms with Crippen LogP contribution < -0.4 is 0 Å². The number of carbonyl (C=O) groups is 1. The molecule has 1 amide bonds. The van der Waals surface area contributed by atoms with Gasteiger partial charge in [-0.25, -0.2) is 4.79 Å². The molecule has 1 atom stereocenters. The van der Waals surface area contributed by atoms with E-state index in [1.54, 1.807) is 16.2 Å². The Labute approximate surface area is 130 Å². The third-order valence-electron chi connectivity index (χ3n) is 3.25. The lowest BCUT2D eigenvalue weighted by molar-refractivity contribution is 0.00612. The van der Waals surface area contributed by atoms with Gasteiger partial charge in [0, 0.05) is 25.2 Å². The molecule has 1 aromatic heterocycles. The molecule has 0 radical (unpaired) electrons. The molecular weight excluding hydrogens is 288 g/mol. The molecular formula is C15H24N2O3S. The predicted molar refractivity (Wildman–Crippen MR) is 82.3 cm³/mol. The summed E-state index contributed by atoms with van der Waals surface area (Å²) >= 11 is 1.60. The highest BCUT2D eigenvalue weighted by molar-refractivity contribution is 7.09. The molecule has 0 aromatic carbocycles. The molecule has 0 spiro atoms. The van der Waals surface area contributed by atoms with Crippen LogP contribution in [0.4, 0.5) is 4.79 Å². The van der Waals surface area contributed by atoms with Crippen molar-refractivity contribution in [1.82, 2.24) is 9.88 Å². The van der Waals surface area contributed by atoms with Gasteiger partial charge in [-0.3, -0.25) is 4.98 Å². The van der Waals surface area contributed by atoms with Crippen molar-refractivity contribution >= 4 is 17.4 Å². The minimum absolute atomic E-state index is 0.213. The van der Waals surface area contributed by atoms with E-state index in [4.69, 9.17) is 9.47 Å². The van der Waals surface area contributed by atoms with Crippen molar-refractivity contribution < 1.29 is 14.3 Å². The fourth-order valence-electron chi connectivity index (χ4n) is 2.33. The van der Waals surface area contributed by atoms with Crippen LogP contribution in [0, 0.1) is 5.92 Å². The van der Waals surface area contributed by atoms with Crippen molar-refractivity contribution in [3.63, 3.8) is 0 Å². The second kappa shape index (κ2) is 7.22. The number of carbonyl (C=O) groups excluding carboxylic acids is 1. The average molecular weight is 312 g/mol. The quantitative estimate of drug-likeness (QED) is 0.856. The standard InChI is InChI=1S/C15H24N2O3S/c1-15(2,3)20-14(18)17-6-4-5-12(8-17)9-19-10-13-7-16-11-21-13/h7,11-12H,4-6,8-10H2,1-3H3/t12-/m0/s1. The monoisotopic (exact) mass is 312 g/mol. The number of nitrogens with zero attached hydrogens (tertiary/aromatic N) is 2. The molecule has 1 aliphatic rings. The average Bonchev–Trinajstić information content (AvgIpc) is 2.90. The molecule has 5 nitrogen and oxygen atoms in total. The first-order chi connectivity index (χ1) is 9.94. The molecule has 21 heavy (non-hydrogen) atoms. The minimum atomic E-state index is -0.438. The van der Waals surface area contributed by atoms with Crippen molar-refractivity contribution in [3.05, 3.63) is 16.6 Å². The molecule has 1 saturated heterocycles. The molecule has 2 heterocycles. The molecule has 118 valence electrons. The van der Waals surface area contributed by atoms with Gasteiger partial charge in [-0.15, -0.1) is 11.3 Å². The first-order valence-corrected chi connectivity index (χ1v) is 8.25. The fourth-order valence-corrected chi connectivity index (χ4v) is 2.86. The smallest absolute Gasteiger partial charge is 0.410 e. The van der Waals surface area contributed by atoms with Crippen LogP contribution in [0.2, 0.25) is 0 Å². The molecule has 2 rings (SSSR count). The summed E-state index contributed by atoms with van der Waals surface area (Å²) in [6.45, 7) is 8.46. The van der Waals surface area contributed by atoms with E-state index < -0.39 is 5.60 Å². The van der Waals surface area contributed by atoms with Crippen LogP contribution in [0.3, 0.4) is 0 Å². The minimum Gasteiger partial charge on any atom is -0.444 e. The highest BCUT2D eigenvalue weighted by Gasteiger charge is 2.27. The first kappa shape index (κ1) is 16.2. The zero-order chi connectivity index (χ0) is 15.3. The summed E-state index contributed by atoms with van der Waals surface area (Å²) in [7, 11) is 0. The van der Waals surface area contributed by atoms with E-state index in [2.05, 4.69) is 4.98 Å². The summed E-state index contributed by atoms with van der Waals surface area (Å²) in [5.74, 6) is 0.388. The maximum absolute atomic E-state index is 12.1. The zero-order valence-corrected chi connectivity index (χ0v) is 13.8. The third-order valence-corrected chi connectivity index (χ3v) is 4.01. The van der Waals surface area contributed by atoms with Crippen LogP contribution in [0.15, 0.2) is 11.7 Å². The van der Waals surface area contributed by atoms with Crippen LogP contribution >= 0.6 is 11.3 Å². The van der Waals surface area contributed by atoms with Crippen LogP contribution in [0.5, 0.6) is 0 Å². The first-order valence-electron chi connectivity index (χ1n) is 7.37. The van der Waals surface area contributed by atoms with E-state index in [0.717, 1.165) is 30.8 Å². The Balaban J connectivity index is 1.74. The van der Waals surface area contributed by atoms with Crippen molar-refractivity contribution in [2.45, 2.75) is 45.8 Å². The van der Waals surface area contributed by atoms with Crippen LogP contribution in [0.25, 0.3) is 0 Å². The Bertz CT molecular complexity index is 442. The summed E-state index contributed by atoms with van der Waals surface area (Å²) in [5, 5.41) is 0. The molecule has 0 N–H and O–H groups in total. The van der Waals surface area contributed by atoms with Gasteiger partial charge in [-0.1, -0.05) is 0 Å². The summed E-state index contributed by atoms with van der Waals surface area (Å²) in [5.41, 5.74) is 1.37. The molecule has 1 aliphatic heterocycles. The van der Waals surface area contributed by atoms with Gasteiger partial charge in [0.2, 0.25) is 0 Å². The Hall–Kier alpha value is -1.14. The van der Waals surface area contributed by atoms with Crippen molar-refractivity contribution in [2.75, 3.05) is 19.7 Å². The summed E-state index contributed by atoms with van der Waals surface area (Å²) in [4.78, 5) is 19.0. The van der Waals surface area contributed by atoms with Gasteiger partial charge in [-0.2, -0.15) is 0 Å². The van der Waals surface area contributed by atoms with Gasteiger partial charge >= 0.3 is 6.09 Å². The number of thiazole rings is 1. The molecule has 0 bridgehead atoms. The highest BCUT2D eigenvalue weighted by Crippen LogP contribution is 2.20. The maximum Gasteiger partial charge on any atom is 0.410 e. The number of ether oxygens (including phenoxy) is 2. The normalized spacial score (nSPS) is 19.6. The van der Waals surface area contributed by atoms with Crippen LogP contribution in [-0.2, 0) is 16.1 Å². The maximum atomic E-state index is 12.1.